The number of carbonyl (C=O) groups is 3. The number of imide groups is 1. The van der Waals surface area contributed by atoms with Crippen molar-refractivity contribution >= 4 is 27.7 Å². The lowest BCUT2D eigenvalue weighted by atomic mass is 10.2. The van der Waals surface area contributed by atoms with Crippen LogP contribution in [-0.2, 0) is 24.4 Å². The van der Waals surface area contributed by atoms with Gasteiger partial charge in [0.2, 0.25) is 27.7 Å². The molecule has 2 fully saturated rings. The maximum Gasteiger partial charge on any atom is 0.246 e. The van der Waals surface area contributed by atoms with Crippen molar-refractivity contribution in [2.45, 2.75) is 32.2 Å². The van der Waals surface area contributed by atoms with Crippen molar-refractivity contribution in [2.24, 2.45) is 0 Å². The van der Waals surface area contributed by atoms with Gasteiger partial charge in [-0.05, 0) is 19.3 Å². The molecule has 0 aromatic rings. The maximum atomic E-state index is 12.4. The molecule has 1 atom stereocenters. The second kappa shape index (κ2) is 6.10. The van der Waals surface area contributed by atoms with Gasteiger partial charge in [-0.1, -0.05) is 6.92 Å². The van der Waals surface area contributed by atoms with Crippen LogP contribution in [0.4, 0.5) is 0 Å². The van der Waals surface area contributed by atoms with Crippen molar-refractivity contribution in [1.29, 1.82) is 0 Å². The lowest BCUT2D eigenvalue weighted by Gasteiger charge is -2.31. The topological polar surface area (TPSA) is 104 Å². The first-order valence-corrected chi connectivity index (χ1v) is 8.57. The van der Waals surface area contributed by atoms with Gasteiger partial charge in [-0.3, -0.25) is 19.7 Å². The van der Waals surface area contributed by atoms with Gasteiger partial charge in [0.25, 0.3) is 0 Å². The van der Waals surface area contributed by atoms with Gasteiger partial charge in [0.15, 0.2) is 0 Å². The number of hydrogen-bond donors (Lipinski definition) is 1. The predicted octanol–water partition coefficient (Wildman–Crippen LogP) is -1.32. The van der Waals surface area contributed by atoms with Crippen molar-refractivity contribution in [3.05, 3.63) is 0 Å². The van der Waals surface area contributed by atoms with E-state index in [1.165, 1.54) is 4.31 Å². The summed E-state index contributed by atoms with van der Waals surface area (Å²) in [5.41, 5.74) is 0. The first-order valence-electron chi connectivity index (χ1n) is 6.96. The van der Waals surface area contributed by atoms with E-state index in [2.05, 4.69) is 5.32 Å². The summed E-state index contributed by atoms with van der Waals surface area (Å²) in [5, 5.41) is 2.11. The van der Waals surface area contributed by atoms with Crippen molar-refractivity contribution in [3.8, 4) is 0 Å². The molecule has 9 heteroatoms. The molecule has 3 amide bonds. The molecule has 1 N–H and O–H groups in total. The highest BCUT2D eigenvalue weighted by Gasteiger charge is 2.41. The molecule has 0 aromatic heterocycles. The zero-order chi connectivity index (χ0) is 15.6. The van der Waals surface area contributed by atoms with Gasteiger partial charge in [-0.2, -0.15) is 4.31 Å². The molecule has 8 nitrogen and oxygen atoms in total. The van der Waals surface area contributed by atoms with E-state index >= 15 is 0 Å². The number of amides is 3. The summed E-state index contributed by atoms with van der Waals surface area (Å²) in [6.45, 7) is 1.66. The molecule has 2 heterocycles. The van der Waals surface area contributed by atoms with Crippen LogP contribution >= 0.6 is 0 Å². The first-order chi connectivity index (χ1) is 9.85. The first kappa shape index (κ1) is 15.9. The Bertz CT molecular complexity index is 543. The molecule has 0 bridgehead atoms. The fourth-order valence-corrected chi connectivity index (χ4v) is 4.44. The zero-order valence-corrected chi connectivity index (χ0v) is 12.7. The van der Waals surface area contributed by atoms with E-state index in [-0.39, 0.29) is 18.8 Å². The molecule has 2 rings (SSSR count). The van der Waals surface area contributed by atoms with E-state index in [0.29, 0.717) is 25.8 Å². The second-order valence-corrected chi connectivity index (χ2v) is 7.29. The third-order valence-corrected chi connectivity index (χ3v) is 5.64. The molecule has 0 aromatic carbocycles. The third kappa shape index (κ3) is 3.41. The molecule has 2 aliphatic heterocycles. The van der Waals surface area contributed by atoms with Gasteiger partial charge < -0.3 is 4.90 Å². The fraction of sp³-hybridized carbons (Fsp3) is 0.750. The Labute approximate surface area is 123 Å². The molecule has 21 heavy (non-hydrogen) atoms. The highest BCUT2D eigenvalue weighted by molar-refractivity contribution is 7.89. The Balaban J connectivity index is 2.14. The quantitative estimate of drug-likeness (QED) is 0.647. The van der Waals surface area contributed by atoms with Crippen LogP contribution in [0.5, 0.6) is 0 Å². The van der Waals surface area contributed by atoms with Crippen LogP contribution in [0.2, 0.25) is 0 Å². The van der Waals surface area contributed by atoms with Crippen LogP contribution in [0, 0.1) is 0 Å². The normalized spacial score (nSPS) is 24.2. The lowest BCUT2D eigenvalue weighted by molar-refractivity contribution is -0.147. The Morgan fingerprint density at radius 2 is 1.90 bits per heavy atom. The SMILES string of the molecule is CCCS(=O)(=O)N1CCCC1C(=O)N1CC(=O)NC(=O)C1. The highest BCUT2D eigenvalue weighted by atomic mass is 32.2. The minimum atomic E-state index is -3.47. The molecule has 118 valence electrons. The number of carbonyl (C=O) groups excluding carboxylic acids is 3. The molecular formula is C12H19N3O5S. The van der Waals surface area contributed by atoms with Crippen LogP contribution in [0.15, 0.2) is 0 Å². The summed E-state index contributed by atoms with van der Waals surface area (Å²) >= 11 is 0. The summed E-state index contributed by atoms with van der Waals surface area (Å²) in [6.07, 6.45) is 1.51. The maximum absolute atomic E-state index is 12.4. The standard InChI is InChI=1S/C12H19N3O5S/c1-2-6-21(19,20)15-5-3-4-9(15)12(18)14-7-10(16)13-11(17)8-14/h9H,2-8H2,1H3,(H,13,16,17). The van der Waals surface area contributed by atoms with Crippen LogP contribution in [-0.4, -0.2) is 66.8 Å². The molecule has 0 spiro atoms. The zero-order valence-electron chi connectivity index (χ0n) is 11.9. The van der Waals surface area contributed by atoms with Gasteiger partial charge in [-0.15, -0.1) is 0 Å². The van der Waals surface area contributed by atoms with Gasteiger partial charge in [0.05, 0.1) is 5.75 Å². The van der Waals surface area contributed by atoms with Gasteiger partial charge in [0.1, 0.15) is 19.1 Å². The van der Waals surface area contributed by atoms with E-state index in [9.17, 15) is 22.8 Å². The average molecular weight is 317 g/mol. The molecule has 0 saturated carbocycles. The fourth-order valence-electron chi connectivity index (χ4n) is 2.70. The summed E-state index contributed by atoms with van der Waals surface area (Å²) in [7, 11) is -3.47. The second-order valence-electron chi connectivity index (χ2n) is 5.25. The summed E-state index contributed by atoms with van der Waals surface area (Å²) < 4.78 is 25.6. The highest BCUT2D eigenvalue weighted by Crippen LogP contribution is 2.23. The predicted molar refractivity (Wildman–Crippen MR) is 73.5 cm³/mol. The Morgan fingerprint density at radius 3 is 2.48 bits per heavy atom. The lowest BCUT2D eigenvalue weighted by Crippen LogP contribution is -2.57. The minimum Gasteiger partial charge on any atom is -0.323 e. The number of rotatable bonds is 4. The molecule has 0 radical (unpaired) electrons. The largest absolute Gasteiger partial charge is 0.323 e. The smallest absolute Gasteiger partial charge is 0.246 e. The van der Waals surface area contributed by atoms with Crippen LogP contribution in [0.3, 0.4) is 0 Å². The Morgan fingerprint density at radius 1 is 1.29 bits per heavy atom. The van der Waals surface area contributed by atoms with E-state index in [1.54, 1.807) is 6.92 Å². The van der Waals surface area contributed by atoms with Crippen molar-refractivity contribution in [2.75, 3.05) is 25.4 Å². The van der Waals surface area contributed by atoms with Crippen molar-refractivity contribution in [1.82, 2.24) is 14.5 Å². The molecule has 2 aliphatic rings. The summed E-state index contributed by atoms with van der Waals surface area (Å²) in [6, 6.07) is -0.791. The monoisotopic (exact) mass is 317 g/mol. The summed E-state index contributed by atoms with van der Waals surface area (Å²) in [4.78, 5) is 36.2. The molecular weight excluding hydrogens is 298 g/mol. The number of sulfonamides is 1. The Kier molecular flexibility index (Phi) is 4.62. The Hall–Kier alpha value is -1.48. The number of nitrogens with one attached hydrogen (secondary N) is 1. The van der Waals surface area contributed by atoms with Gasteiger partial charge in [0, 0.05) is 6.54 Å². The molecule has 1 unspecified atom stereocenters. The van der Waals surface area contributed by atoms with E-state index in [0.717, 1.165) is 4.90 Å². The van der Waals surface area contributed by atoms with Crippen LogP contribution in [0.25, 0.3) is 0 Å². The third-order valence-electron chi connectivity index (χ3n) is 3.57. The minimum absolute atomic E-state index is 0.00377. The average Bonchev–Trinajstić information content (AvgIpc) is 2.86. The number of piperazine rings is 1. The van der Waals surface area contributed by atoms with Crippen molar-refractivity contribution < 1.29 is 22.8 Å². The molecule has 0 aliphatic carbocycles. The van der Waals surface area contributed by atoms with E-state index < -0.39 is 33.8 Å². The van der Waals surface area contributed by atoms with Crippen molar-refractivity contribution in [3.63, 3.8) is 0 Å². The number of hydrogen-bond acceptors (Lipinski definition) is 5. The van der Waals surface area contributed by atoms with Gasteiger partial charge >= 0.3 is 0 Å². The van der Waals surface area contributed by atoms with Crippen LogP contribution < -0.4 is 5.32 Å². The number of nitrogens with zero attached hydrogens (tertiary/aromatic N) is 2. The van der Waals surface area contributed by atoms with Gasteiger partial charge in [-0.25, -0.2) is 8.42 Å². The van der Waals surface area contributed by atoms with E-state index in [4.69, 9.17) is 0 Å². The molecule has 2 saturated heterocycles. The van der Waals surface area contributed by atoms with Crippen LogP contribution in [0.1, 0.15) is 26.2 Å². The van der Waals surface area contributed by atoms with E-state index in [1.807, 2.05) is 0 Å². The summed E-state index contributed by atoms with van der Waals surface area (Å²) in [5.74, 6) is -1.55.